The predicted octanol–water partition coefficient (Wildman–Crippen LogP) is 2.73. The zero-order chi connectivity index (χ0) is 18.7. The molecule has 0 aliphatic carbocycles. The summed E-state index contributed by atoms with van der Waals surface area (Å²) < 4.78 is 41.5. The molecular formula is C18H15F2NO5. The first kappa shape index (κ1) is 17.7. The number of amides is 1. The quantitative estimate of drug-likeness (QED) is 0.827. The molecule has 1 aliphatic heterocycles. The maximum atomic E-state index is 13.1. The van der Waals surface area contributed by atoms with Gasteiger partial charge < -0.3 is 19.5 Å². The molecule has 3 rings (SSSR count). The molecule has 1 amide bonds. The van der Waals surface area contributed by atoms with Crippen LogP contribution in [0.2, 0.25) is 0 Å². The Morgan fingerprint density at radius 3 is 2.54 bits per heavy atom. The van der Waals surface area contributed by atoms with Gasteiger partial charge in [0.15, 0.2) is 18.1 Å². The summed E-state index contributed by atoms with van der Waals surface area (Å²) in [5.41, 5.74) is 0.472. The fourth-order valence-electron chi connectivity index (χ4n) is 2.44. The monoisotopic (exact) mass is 363 g/mol. The van der Waals surface area contributed by atoms with E-state index in [2.05, 4.69) is 5.32 Å². The zero-order valence-electron chi connectivity index (χ0n) is 13.8. The second-order valence-electron chi connectivity index (χ2n) is 5.64. The molecule has 1 N–H and O–H groups in total. The van der Waals surface area contributed by atoms with Crippen LogP contribution in [0, 0.1) is 11.6 Å². The summed E-state index contributed by atoms with van der Waals surface area (Å²) >= 11 is 0. The molecule has 26 heavy (non-hydrogen) atoms. The number of halogens is 2. The minimum atomic E-state index is -0.991. The smallest absolute Gasteiger partial charge is 0.338 e. The highest BCUT2D eigenvalue weighted by molar-refractivity contribution is 5.91. The maximum Gasteiger partial charge on any atom is 0.338 e. The normalized spacial score (nSPS) is 13.2. The first-order chi connectivity index (χ1) is 12.4. The van der Waals surface area contributed by atoms with Crippen LogP contribution in [0.5, 0.6) is 11.5 Å². The van der Waals surface area contributed by atoms with Crippen molar-refractivity contribution in [1.29, 1.82) is 0 Å². The van der Waals surface area contributed by atoms with Crippen LogP contribution in [0.15, 0.2) is 36.4 Å². The second-order valence-corrected chi connectivity index (χ2v) is 5.64. The summed E-state index contributed by atoms with van der Waals surface area (Å²) in [6.45, 7) is 1.32. The lowest BCUT2D eigenvalue weighted by Gasteiger charge is -2.15. The minimum absolute atomic E-state index is 0.149. The van der Waals surface area contributed by atoms with E-state index < -0.39 is 30.1 Å². The number of ether oxygens (including phenoxy) is 3. The summed E-state index contributed by atoms with van der Waals surface area (Å²) in [6.07, 6.45) is 0. The molecule has 6 nitrogen and oxygen atoms in total. The number of esters is 1. The van der Waals surface area contributed by atoms with Crippen molar-refractivity contribution in [3.8, 4) is 11.5 Å². The van der Waals surface area contributed by atoms with E-state index in [0.717, 1.165) is 17.7 Å². The molecule has 8 heteroatoms. The largest absolute Gasteiger partial charge is 0.454 e. The fourth-order valence-corrected chi connectivity index (χ4v) is 2.44. The van der Waals surface area contributed by atoms with Gasteiger partial charge in [-0.2, -0.15) is 0 Å². The van der Waals surface area contributed by atoms with Gasteiger partial charge >= 0.3 is 5.97 Å². The molecule has 2 aromatic carbocycles. The molecule has 0 unspecified atom stereocenters. The molecule has 0 aromatic heterocycles. The molecule has 1 aliphatic rings. The van der Waals surface area contributed by atoms with Crippen molar-refractivity contribution in [2.24, 2.45) is 0 Å². The minimum Gasteiger partial charge on any atom is -0.454 e. The number of benzene rings is 2. The first-order valence-corrected chi connectivity index (χ1v) is 7.74. The van der Waals surface area contributed by atoms with Crippen LogP contribution in [-0.2, 0) is 9.53 Å². The van der Waals surface area contributed by atoms with Gasteiger partial charge in [-0.3, -0.25) is 4.79 Å². The predicted molar refractivity (Wildman–Crippen MR) is 85.8 cm³/mol. The third-order valence-corrected chi connectivity index (χ3v) is 3.71. The molecule has 0 saturated heterocycles. The number of nitrogens with one attached hydrogen (secondary N) is 1. The number of hydrogen-bond acceptors (Lipinski definition) is 5. The number of hydrogen-bond donors (Lipinski definition) is 1. The van der Waals surface area contributed by atoms with Crippen molar-refractivity contribution >= 4 is 11.9 Å². The van der Waals surface area contributed by atoms with Crippen LogP contribution in [0.4, 0.5) is 8.78 Å². The highest BCUT2D eigenvalue weighted by Crippen LogP contribution is 2.34. The van der Waals surface area contributed by atoms with Gasteiger partial charge in [0, 0.05) is 6.07 Å². The van der Waals surface area contributed by atoms with E-state index in [-0.39, 0.29) is 18.4 Å². The topological polar surface area (TPSA) is 73.9 Å². The molecule has 136 valence electrons. The van der Waals surface area contributed by atoms with Gasteiger partial charge in [0.2, 0.25) is 6.79 Å². The van der Waals surface area contributed by atoms with Crippen molar-refractivity contribution in [3.05, 3.63) is 59.2 Å². The van der Waals surface area contributed by atoms with E-state index in [1.807, 2.05) is 0 Å². The lowest BCUT2D eigenvalue weighted by Crippen LogP contribution is -2.31. The molecule has 0 saturated carbocycles. The summed E-state index contributed by atoms with van der Waals surface area (Å²) in [5.74, 6) is -2.14. The van der Waals surface area contributed by atoms with Crippen molar-refractivity contribution in [1.82, 2.24) is 5.32 Å². The summed E-state index contributed by atoms with van der Waals surface area (Å²) in [4.78, 5) is 23.7. The highest BCUT2D eigenvalue weighted by atomic mass is 19.1. The van der Waals surface area contributed by atoms with E-state index in [1.54, 1.807) is 25.1 Å². The number of rotatable bonds is 5. The van der Waals surface area contributed by atoms with Crippen molar-refractivity contribution < 1.29 is 32.6 Å². The van der Waals surface area contributed by atoms with Crippen molar-refractivity contribution in [3.63, 3.8) is 0 Å². The number of carbonyl (C=O) groups is 2. The van der Waals surface area contributed by atoms with Crippen LogP contribution in [0.3, 0.4) is 0 Å². The standard InChI is InChI=1S/C18H15F2NO5/c1-10(11-2-3-15-16(6-11)26-9-25-15)21-17(22)8-24-18(23)12-4-13(19)7-14(20)5-12/h2-7,10H,8-9H2,1H3,(H,21,22)/t10-/m1/s1. The number of carbonyl (C=O) groups excluding carboxylic acids is 2. The Labute approximate surface area is 147 Å². The summed E-state index contributed by atoms with van der Waals surface area (Å²) in [5, 5.41) is 2.66. The average Bonchev–Trinajstić information content (AvgIpc) is 3.06. The third kappa shape index (κ3) is 4.08. The molecule has 0 bridgehead atoms. The summed E-state index contributed by atoms with van der Waals surface area (Å²) in [6, 6.07) is 7.18. The van der Waals surface area contributed by atoms with Crippen LogP contribution in [0.1, 0.15) is 28.9 Å². The molecule has 0 spiro atoms. The van der Waals surface area contributed by atoms with Crippen molar-refractivity contribution in [2.45, 2.75) is 13.0 Å². The van der Waals surface area contributed by atoms with Gasteiger partial charge in [0.05, 0.1) is 11.6 Å². The Morgan fingerprint density at radius 1 is 1.12 bits per heavy atom. The molecule has 1 atom stereocenters. The Hall–Kier alpha value is -3.16. The molecule has 0 radical (unpaired) electrons. The highest BCUT2D eigenvalue weighted by Gasteiger charge is 2.18. The Bertz CT molecular complexity index is 835. The lowest BCUT2D eigenvalue weighted by molar-refractivity contribution is -0.124. The van der Waals surface area contributed by atoms with Gasteiger partial charge in [0.1, 0.15) is 11.6 Å². The molecular weight excluding hydrogens is 348 g/mol. The van der Waals surface area contributed by atoms with Gasteiger partial charge in [-0.05, 0) is 36.8 Å². The van der Waals surface area contributed by atoms with Gasteiger partial charge in [0.25, 0.3) is 5.91 Å². The number of fused-ring (bicyclic) bond motifs is 1. The summed E-state index contributed by atoms with van der Waals surface area (Å²) in [7, 11) is 0. The van der Waals surface area contributed by atoms with E-state index in [1.165, 1.54) is 0 Å². The van der Waals surface area contributed by atoms with Crippen molar-refractivity contribution in [2.75, 3.05) is 13.4 Å². The lowest BCUT2D eigenvalue weighted by atomic mass is 10.1. The van der Waals surface area contributed by atoms with Gasteiger partial charge in [-0.1, -0.05) is 6.07 Å². The fraction of sp³-hybridized carbons (Fsp3) is 0.222. The average molecular weight is 363 g/mol. The van der Waals surface area contributed by atoms with Crippen LogP contribution < -0.4 is 14.8 Å². The van der Waals surface area contributed by atoms with E-state index >= 15 is 0 Å². The maximum absolute atomic E-state index is 13.1. The van der Waals surface area contributed by atoms with Gasteiger partial charge in [-0.15, -0.1) is 0 Å². The van der Waals surface area contributed by atoms with Crippen LogP contribution in [0.25, 0.3) is 0 Å². The van der Waals surface area contributed by atoms with Gasteiger partial charge in [-0.25, -0.2) is 13.6 Å². The second kappa shape index (κ2) is 7.38. The van der Waals surface area contributed by atoms with E-state index in [4.69, 9.17) is 14.2 Å². The third-order valence-electron chi connectivity index (χ3n) is 3.71. The molecule has 1 heterocycles. The SMILES string of the molecule is C[C@@H](NC(=O)COC(=O)c1cc(F)cc(F)c1)c1ccc2c(c1)OCO2. The zero-order valence-corrected chi connectivity index (χ0v) is 13.8. The molecule has 2 aromatic rings. The van der Waals surface area contributed by atoms with E-state index in [9.17, 15) is 18.4 Å². The van der Waals surface area contributed by atoms with E-state index in [0.29, 0.717) is 17.6 Å². The van der Waals surface area contributed by atoms with Crippen LogP contribution >= 0.6 is 0 Å². The first-order valence-electron chi connectivity index (χ1n) is 7.74. The van der Waals surface area contributed by atoms with Crippen LogP contribution in [-0.4, -0.2) is 25.3 Å². The molecule has 0 fully saturated rings. The Morgan fingerprint density at radius 2 is 1.81 bits per heavy atom. The Kier molecular flexibility index (Phi) is 5.01. The Balaban J connectivity index is 1.54.